The van der Waals surface area contributed by atoms with Gasteiger partial charge < -0.3 is 15.6 Å². The second kappa shape index (κ2) is 5.41. The van der Waals surface area contributed by atoms with Crippen molar-refractivity contribution in [1.29, 1.82) is 0 Å². The topological polar surface area (TPSA) is 90.4 Å². The van der Waals surface area contributed by atoms with Gasteiger partial charge in [0.25, 0.3) is 0 Å². The average molecular weight is 281 g/mol. The van der Waals surface area contributed by atoms with E-state index in [1.165, 1.54) is 11.3 Å². The molecule has 7 heteroatoms. The van der Waals surface area contributed by atoms with Crippen molar-refractivity contribution < 1.29 is 14.6 Å². The first-order chi connectivity index (χ1) is 9.04. The van der Waals surface area contributed by atoms with Crippen LogP contribution < -0.4 is 5.73 Å². The smallest absolute Gasteiger partial charge is 0.338 e. The Hall–Kier alpha value is -1.86. The van der Waals surface area contributed by atoms with E-state index in [0.29, 0.717) is 23.7 Å². The minimum absolute atomic E-state index is 0.173. The Morgan fingerprint density at radius 1 is 1.63 bits per heavy atom. The molecule has 3 N–H and O–H groups in total. The first-order valence-electron chi connectivity index (χ1n) is 5.69. The lowest BCUT2D eigenvalue weighted by molar-refractivity contribution is 0.0698. The van der Waals surface area contributed by atoms with Gasteiger partial charge in [-0.1, -0.05) is 0 Å². The Morgan fingerprint density at radius 3 is 2.95 bits per heavy atom. The van der Waals surface area contributed by atoms with E-state index in [2.05, 4.69) is 5.10 Å². The monoisotopic (exact) mass is 281 g/mol. The summed E-state index contributed by atoms with van der Waals surface area (Å²) < 4.78 is 6.74. The summed E-state index contributed by atoms with van der Waals surface area (Å²) in [5, 5.41) is 13.8. The average Bonchev–Trinajstić information content (AvgIpc) is 2.91. The predicted octanol–water partition coefficient (Wildman–Crippen LogP) is 1.85. The van der Waals surface area contributed by atoms with Gasteiger partial charge in [0.1, 0.15) is 10.7 Å². The number of aromatic carboxylic acids is 1. The van der Waals surface area contributed by atoms with Gasteiger partial charge in [0.2, 0.25) is 0 Å². The summed E-state index contributed by atoms with van der Waals surface area (Å²) in [5.74, 6) is -1.00. The van der Waals surface area contributed by atoms with Crippen LogP contribution in [0.3, 0.4) is 0 Å². The zero-order valence-corrected chi connectivity index (χ0v) is 11.5. The van der Waals surface area contributed by atoms with E-state index < -0.39 is 5.97 Å². The molecule has 2 aromatic rings. The van der Waals surface area contributed by atoms with Crippen molar-refractivity contribution in [3.63, 3.8) is 0 Å². The van der Waals surface area contributed by atoms with Gasteiger partial charge in [0.15, 0.2) is 0 Å². The predicted molar refractivity (Wildman–Crippen MR) is 73.5 cm³/mol. The molecule has 19 heavy (non-hydrogen) atoms. The molecule has 0 radical (unpaired) electrons. The fraction of sp³-hybridized carbons (Fsp3) is 0.333. The number of ether oxygens (including phenoxy) is 1. The molecule has 0 saturated carbocycles. The number of anilines is 1. The molecule has 0 spiro atoms. The van der Waals surface area contributed by atoms with Crippen LogP contribution in [0.25, 0.3) is 10.6 Å². The number of methoxy groups -OCH3 is 1. The number of carboxylic acid groups (broad SMARTS) is 1. The third-order valence-corrected chi connectivity index (χ3v) is 3.93. The molecule has 0 aromatic carbocycles. The highest BCUT2D eigenvalue weighted by atomic mass is 32.1. The lowest BCUT2D eigenvalue weighted by atomic mass is 10.1. The summed E-state index contributed by atoms with van der Waals surface area (Å²) in [6.07, 6.45) is 1.84. The van der Waals surface area contributed by atoms with Crippen molar-refractivity contribution in [2.75, 3.05) is 19.5 Å². The molecule has 0 amide bonds. The number of thiophene rings is 1. The largest absolute Gasteiger partial charge is 0.478 e. The molecule has 6 nitrogen and oxygen atoms in total. The Kier molecular flexibility index (Phi) is 3.87. The number of carbonyl (C=O) groups is 1. The van der Waals surface area contributed by atoms with Gasteiger partial charge in [-0.3, -0.25) is 4.68 Å². The molecule has 0 bridgehead atoms. The van der Waals surface area contributed by atoms with E-state index in [0.717, 1.165) is 10.6 Å². The standard InChI is InChI=1S/C12H15N3O3S/c1-7-9(12(16)17)11(13)19-10(7)8-3-4-15(14-8)5-6-18-2/h3-4H,5-6,13H2,1-2H3,(H,16,17). The highest BCUT2D eigenvalue weighted by Gasteiger charge is 2.20. The molecular formula is C12H15N3O3S. The maximum Gasteiger partial charge on any atom is 0.338 e. The summed E-state index contributed by atoms with van der Waals surface area (Å²) in [5.41, 5.74) is 7.32. The summed E-state index contributed by atoms with van der Waals surface area (Å²) in [6.45, 7) is 2.98. The number of rotatable bonds is 5. The normalized spacial score (nSPS) is 10.8. The summed E-state index contributed by atoms with van der Waals surface area (Å²) in [6, 6.07) is 1.85. The van der Waals surface area contributed by atoms with E-state index in [1.807, 2.05) is 12.3 Å². The molecular weight excluding hydrogens is 266 g/mol. The van der Waals surface area contributed by atoms with Gasteiger partial charge in [-0.15, -0.1) is 11.3 Å². The number of nitrogen functional groups attached to an aromatic ring is 1. The van der Waals surface area contributed by atoms with Crippen molar-refractivity contribution in [2.24, 2.45) is 0 Å². The van der Waals surface area contributed by atoms with E-state index in [1.54, 1.807) is 18.7 Å². The third kappa shape index (κ3) is 2.61. The molecule has 2 rings (SSSR count). The Balaban J connectivity index is 2.34. The molecule has 2 heterocycles. The first-order valence-corrected chi connectivity index (χ1v) is 6.51. The highest BCUT2D eigenvalue weighted by molar-refractivity contribution is 7.19. The molecule has 0 atom stereocenters. The van der Waals surface area contributed by atoms with E-state index in [-0.39, 0.29) is 5.56 Å². The Labute approximate surface area is 114 Å². The fourth-order valence-electron chi connectivity index (χ4n) is 1.84. The number of carboxylic acids is 1. The van der Waals surface area contributed by atoms with E-state index >= 15 is 0 Å². The van der Waals surface area contributed by atoms with Crippen LogP contribution in [0, 0.1) is 6.92 Å². The molecule has 0 aliphatic carbocycles. The molecule has 0 saturated heterocycles. The summed E-state index contributed by atoms with van der Waals surface area (Å²) in [4.78, 5) is 11.9. The van der Waals surface area contributed by atoms with Gasteiger partial charge in [-0.25, -0.2) is 4.79 Å². The van der Waals surface area contributed by atoms with Crippen LogP contribution in [0.4, 0.5) is 5.00 Å². The summed E-state index contributed by atoms with van der Waals surface area (Å²) >= 11 is 1.25. The second-order valence-corrected chi connectivity index (χ2v) is 5.11. The SMILES string of the molecule is COCCn1ccc(-c2sc(N)c(C(=O)O)c2C)n1. The number of hydrogen-bond donors (Lipinski definition) is 2. The van der Waals surface area contributed by atoms with Crippen molar-refractivity contribution in [3.8, 4) is 10.6 Å². The van der Waals surface area contributed by atoms with E-state index in [4.69, 9.17) is 15.6 Å². The first kappa shape index (κ1) is 13.6. The van der Waals surface area contributed by atoms with Crippen LogP contribution in [0.15, 0.2) is 12.3 Å². The van der Waals surface area contributed by atoms with Crippen molar-refractivity contribution in [2.45, 2.75) is 13.5 Å². The van der Waals surface area contributed by atoms with Crippen LogP contribution in [0.2, 0.25) is 0 Å². The number of hydrogen-bond acceptors (Lipinski definition) is 5. The molecule has 0 aliphatic rings. The lowest BCUT2D eigenvalue weighted by Crippen LogP contribution is -2.04. The minimum Gasteiger partial charge on any atom is -0.478 e. The van der Waals surface area contributed by atoms with Crippen LogP contribution in [-0.2, 0) is 11.3 Å². The Morgan fingerprint density at radius 2 is 2.37 bits per heavy atom. The lowest BCUT2D eigenvalue weighted by Gasteiger charge is -1.99. The van der Waals surface area contributed by atoms with Crippen LogP contribution in [-0.4, -0.2) is 34.6 Å². The molecule has 0 aliphatic heterocycles. The minimum atomic E-state index is -1.00. The van der Waals surface area contributed by atoms with Crippen LogP contribution in [0.5, 0.6) is 0 Å². The number of nitrogens with zero attached hydrogens (tertiary/aromatic N) is 2. The van der Waals surface area contributed by atoms with Gasteiger partial charge >= 0.3 is 5.97 Å². The zero-order valence-electron chi connectivity index (χ0n) is 10.7. The van der Waals surface area contributed by atoms with Gasteiger partial charge in [-0.05, 0) is 18.6 Å². The Bertz CT molecular complexity index is 603. The fourth-order valence-corrected chi connectivity index (χ4v) is 2.87. The van der Waals surface area contributed by atoms with Gasteiger partial charge in [0.05, 0.1) is 23.6 Å². The summed E-state index contributed by atoms with van der Waals surface area (Å²) in [7, 11) is 1.63. The maximum atomic E-state index is 11.1. The second-order valence-electron chi connectivity index (χ2n) is 4.06. The van der Waals surface area contributed by atoms with Crippen molar-refractivity contribution in [3.05, 3.63) is 23.4 Å². The van der Waals surface area contributed by atoms with E-state index in [9.17, 15) is 4.79 Å². The van der Waals surface area contributed by atoms with Gasteiger partial charge in [-0.2, -0.15) is 5.10 Å². The zero-order chi connectivity index (χ0) is 14.0. The maximum absolute atomic E-state index is 11.1. The van der Waals surface area contributed by atoms with Crippen LogP contribution >= 0.6 is 11.3 Å². The highest BCUT2D eigenvalue weighted by Crippen LogP contribution is 2.37. The molecule has 2 aromatic heterocycles. The number of nitrogens with two attached hydrogens (primary N) is 1. The van der Waals surface area contributed by atoms with Crippen molar-refractivity contribution in [1.82, 2.24) is 9.78 Å². The molecule has 0 fully saturated rings. The molecule has 102 valence electrons. The number of aromatic nitrogens is 2. The quantitative estimate of drug-likeness (QED) is 0.872. The van der Waals surface area contributed by atoms with Gasteiger partial charge in [0, 0.05) is 13.3 Å². The van der Waals surface area contributed by atoms with Crippen LogP contribution in [0.1, 0.15) is 15.9 Å². The third-order valence-electron chi connectivity index (χ3n) is 2.79. The molecule has 0 unspecified atom stereocenters. The van der Waals surface area contributed by atoms with Crippen molar-refractivity contribution >= 4 is 22.3 Å².